The van der Waals surface area contributed by atoms with Crippen LogP contribution in [-0.4, -0.2) is 45.6 Å². The van der Waals surface area contributed by atoms with Crippen molar-refractivity contribution in [2.75, 3.05) is 16.9 Å². The molecule has 236 valence electrons. The Labute approximate surface area is 274 Å². The highest BCUT2D eigenvalue weighted by Crippen LogP contribution is 2.66. The molecule has 1 N–H and O–H groups in total. The van der Waals surface area contributed by atoms with Gasteiger partial charge in [-0.1, -0.05) is 36.8 Å². The summed E-state index contributed by atoms with van der Waals surface area (Å²) in [6.07, 6.45) is 2.56. The molecule has 0 spiro atoms. The van der Waals surface area contributed by atoms with E-state index in [1.165, 1.54) is 30.2 Å². The monoisotopic (exact) mass is 662 g/mol. The van der Waals surface area contributed by atoms with Crippen LogP contribution in [0.3, 0.4) is 0 Å². The first kappa shape index (κ1) is 30.4. The third-order valence-electron chi connectivity index (χ3n) is 10.0. The number of aryl methyl sites for hydroxylation is 1. The number of phenols is 1. The van der Waals surface area contributed by atoms with E-state index in [9.17, 15) is 28.7 Å². The minimum atomic E-state index is -2.15. The molecule has 3 fully saturated rings. The summed E-state index contributed by atoms with van der Waals surface area (Å²) in [5.41, 5.74) is 2.33. The van der Waals surface area contributed by atoms with Gasteiger partial charge in [-0.05, 0) is 73.2 Å². The summed E-state index contributed by atoms with van der Waals surface area (Å²) < 4.78 is 19.1. The van der Waals surface area contributed by atoms with E-state index in [4.69, 9.17) is 27.9 Å². The molecular weight excluding hydrogens is 634 g/mol. The average Bonchev–Trinajstić information content (AvgIpc) is 3.39. The van der Waals surface area contributed by atoms with Gasteiger partial charge in [0.05, 0.1) is 30.3 Å². The molecule has 4 aliphatic rings. The van der Waals surface area contributed by atoms with E-state index >= 15 is 0 Å². The number of alkyl halides is 2. The van der Waals surface area contributed by atoms with Crippen LogP contribution in [-0.2, 0) is 25.6 Å². The van der Waals surface area contributed by atoms with Crippen molar-refractivity contribution < 1.29 is 33.4 Å². The fraction of sp³-hybridized carbons (Fsp3) is 0.314. The van der Waals surface area contributed by atoms with Crippen molar-refractivity contribution in [2.24, 2.45) is 17.8 Å². The number of allylic oxidation sites excluding steroid dienone is 2. The summed E-state index contributed by atoms with van der Waals surface area (Å²) in [6, 6.07) is 16.5. The molecule has 11 heteroatoms. The Morgan fingerprint density at radius 3 is 2.17 bits per heavy atom. The van der Waals surface area contributed by atoms with Gasteiger partial charge >= 0.3 is 0 Å². The zero-order valence-corrected chi connectivity index (χ0v) is 26.4. The molecule has 1 saturated carbocycles. The highest BCUT2D eigenvalue weighted by atomic mass is 35.5. The highest BCUT2D eigenvalue weighted by molar-refractivity contribution is 6.58. The first-order valence-corrected chi connectivity index (χ1v) is 15.8. The van der Waals surface area contributed by atoms with Crippen LogP contribution in [0.25, 0.3) is 0 Å². The minimum Gasteiger partial charge on any atom is -0.508 e. The van der Waals surface area contributed by atoms with Crippen molar-refractivity contribution >= 4 is 58.2 Å². The lowest BCUT2D eigenvalue weighted by molar-refractivity contribution is -0.125. The molecule has 0 radical (unpaired) electrons. The second kappa shape index (κ2) is 10.7. The first-order chi connectivity index (χ1) is 22.0. The molecule has 7 rings (SSSR count). The van der Waals surface area contributed by atoms with E-state index in [1.54, 1.807) is 30.3 Å². The molecule has 2 aliphatic carbocycles. The number of fused-ring (bicyclic) bond motifs is 4. The van der Waals surface area contributed by atoms with E-state index in [0.717, 1.165) is 29.0 Å². The minimum absolute atomic E-state index is 0.0761. The molecular formula is C35H29Cl2FN2O6. The molecule has 0 bridgehead atoms. The number of carbonyl (C=O) groups excluding carboxylic acids is 4. The summed E-state index contributed by atoms with van der Waals surface area (Å²) in [4.78, 5) is 54.6. The Hall–Kier alpha value is -4.21. The third-order valence-corrected chi connectivity index (χ3v) is 11.5. The van der Waals surface area contributed by atoms with Crippen molar-refractivity contribution in [1.29, 1.82) is 0 Å². The molecule has 2 heterocycles. The molecule has 2 saturated heterocycles. The standard InChI is InChI=1S/C35H29Cl2FN2O6/c1-3-18-4-8-20(9-5-18)39-30(42)25-15-14-23-26(28(25)31(39)43)17-34(36)32(44)40(21-10-6-19(38)7-11-21)33(45)35(34,37)29(23)24-13-12-22(46-2)16-27(24)41/h4-14,16,25-26,28-29,41H,3,15,17H2,1-2H3. The molecule has 3 aromatic carbocycles. The number of benzene rings is 3. The van der Waals surface area contributed by atoms with Crippen molar-refractivity contribution in [1.82, 2.24) is 0 Å². The second-order valence-electron chi connectivity index (χ2n) is 12.2. The lowest BCUT2D eigenvalue weighted by Crippen LogP contribution is -2.60. The first-order valence-electron chi connectivity index (χ1n) is 15.0. The van der Waals surface area contributed by atoms with Crippen LogP contribution < -0.4 is 14.5 Å². The normalized spacial score (nSPS) is 30.2. The number of halogens is 3. The number of hydrogen-bond acceptors (Lipinski definition) is 6. The van der Waals surface area contributed by atoms with Crippen LogP contribution in [0.5, 0.6) is 11.5 Å². The Bertz CT molecular complexity index is 1850. The Kier molecular flexibility index (Phi) is 7.06. The van der Waals surface area contributed by atoms with E-state index < -0.39 is 57.0 Å². The second-order valence-corrected chi connectivity index (χ2v) is 13.4. The van der Waals surface area contributed by atoms with E-state index in [2.05, 4.69) is 0 Å². The zero-order valence-electron chi connectivity index (χ0n) is 24.9. The summed E-state index contributed by atoms with van der Waals surface area (Å²) in [7, 11) is 1.44. The number of methoxy groups -OCH3 is 1. The fourth-order valence-electron chi connectivity index (χ4n) is 7.77. The van der Waals surface area contributed by atoms with Crippen LogP contribution in [0.2, 0.25) is 0 Å². The van der Waals surface area contributed by atoms with E-state index in [0.29, 0.717) is 17.0 Å². The van der Waals surface area contributed by atoms with Gasteiger partial charge in [-0.2, -0.15) is 0 Å². The zero-order chi connectivity index (χ0) is 32.7. The molecule has 46 heavy (non-hydrogen) atoms. The topological polar surface area (TPSA) is 104 Å². The number of anilines is 2. The van der Waals surface area contributed by atoms with Crippen molar-refractivity contribution in [3.8, 4) is 11.5 Å². The molecule has 8 nitrogen and oxygen atoms in total. The quantitative estimate of drug-likeness (QED) is 0.208. The molecule has 0 aromatic heterocycles. The van der Waals surface area contributed by atoms with Gasteiger partial charge in [-0.3, -0.25) is 24.1 Å². The van der Waals surface area contributed by atoms with Gasteiger partial charge in [-0.25, -0.2) is 9.29 Å². The van der Waals surface area contributed by atoms with Gasteiger partial charge in [0.25, 0.3) is 11.8 Å². The maximum absolute atomic E-state index is 14.4. The van der Waals surface area contributed by atoms with Crippen LogP contribution in [0.1, 0.15) is 36.8 Å². The predicted molar refractivity (Wildman–Crippen MR) is 170 cm³/mol. The molecule has 6 atom stereocenters. The predicted octanol–water partition coefficient (Wildman–Crippen LogP) is 5.87. The number of imide groups is 2. The lowest BCUT2D eigenvalue weighted by Gasteiger charge is -2.50. The number of phenolic OH excluding ortho intramolecular Hbond substituents is 1. The Morgan fingerprint density at radius 1 is 0.891 bits per heavy atom. The van der Waals surface area contributed by atoms with Crippen molar-refractivity contribution in [3.63, 3.8) is 0 Å². The summed E-state index contributed by atoms with van der Waals surface area (Å²) in [5.74, 6) is -6.47. The molecule has 6 unspecified atom stereocenters. The molecule has 2 aliphatic heterocycles. The summed E-state index contributed by atoms with van der Waals surface area (Å²) in [5, 5.41) is 11.3. The summed E-state index contributed by atoms with van der Waals surface area (Å²) in [6.45, 7) is 2.01. The van der Waals surface area contributed by atoms with Crippen LogP contribution in [0, 0.1) is 23.6 Å². The Balaban J connectivity index is 1.39. The maximum atomic E-state index is 14.4. The molecule has 3 aromatic rings. The number of aromatic hydroxyl groups is 1. The van der Waals surface area contributed by atoms with Crippen LogP contribution >= 0.6 is 23.2 Å². The maximum Gasteiger partial charge on any atom is 0.258 e. The fourth-order valence-corrected chi connectivity index (χ4v) is 8.70. The van der Waals surface area contributed by atoms with Gasteiger partial charge in [0.1, 0.15) is 17.3 Å². The number of amides is 4. The van der Waals surface area contributed by atoms with E-state index in [-0.39, 0.29) is 35.7 Å². The van der Waals surface area contributed by atoms with Gasteiger partial charge in [-0.15, -0.1) is 23.2 Å². The lowest BCUT2D eigenvalue weighted by atomic mass is 9.56. The number of ether oxygens (including phenoxy) is 1. The number of rotatable bonds is 5. The number of hydrogen-bond donors (Lipinski definition) is 1. The smallest absolute Gasteiger partial charge is 0.258 e. The van der Waals surface area contributed by atoms with Crippen molar-refractivity contribution in [3.05, 3.63) is 95.3 Å². The average molecular weight is 664 g/mol. The Morgan fingerprint density at radius 2 is 1.54 bits per heavy atom. The highest BCUT2D eigenvalue weighted by Gasteiger charge is 2.77. The van der Waals surface area contributed by atoms with Crippen LogP contribution in [0.4, 0.5) is 15.8 Å². The molecule has 4 amide bonds. The number of carbonyl (C=O) groups is 4. The van der Waals surface area contributed by atoms with Gasteiger partial charge < -0.3 is 9.84 Å². The SMILES string of the molecule is CCc1ccc(N2C(=O)C3CC=C4C(CC5(Cl)C(=O)N(c6ccc(F)cc6)C(=O)C5(Cl)C4c4ccc(OC)cc4O)C3C2=O)cc1. The van der Waals surface area contributed by atoms with Crippen LogP contribution in [0.15, 0.2) is 78.4 Å². The largest absolute Gasteiger partial charge is 0.508 e. The van der Waals surface area contributed by atoms with Gasteiger partial charge in [0, 0.05) is 17.5 Å². The third kappa shape index (κ3) is 4.04. The summed E-state index contributed by atoms with van der Waals surface area (Å²) >= 11 is 14.7. The van der Waals surface area contributed by atoms with Gasteiger partial charge in [0.2, 0.25) is 11.8 Å². The van der Waals surface area contributed by atoms with Gasteiger partial charge in [0.15, 0.2) is 9.75 Å². The van der Waals surface area contributed by atoms with E-state index in [1.807, 2.05) is 19.1 Å². The van der Waals surface area contributed by atoms with Crippen molar-refractivity contribution in [2.45, 2.75) is 41.9 Å². The number of nitrogens with zero attached hydrogens (tertiary/aromatic N) is 2.